The summed E-state index contributed by atoms with van der Waals surface area (Å²) in [6.07, 6.45) is 1.24. The Morgan fingerprint density at radius 1 is 1.07 bits per heavy atom. The molecule has 84 valence electrons. The van der Waals surface area contributed by atoms with Crippen LogP contribution in [0.3, 0.4) is 0 Å². The van der Waals surface area contributed by atoms with E-state index in [0.717, 1.165) is 6.42 Å². The van der Waals surface area contributed by atoms with Crippen LogP contribution in [0.5, 0.6) is 0 Å². The van der Waals surface area contributed by atoms with Crippen LogP contribution in [0.2, 0.25) is 0 Å². The van der Waals surface area contributed by atoms with Crippen LogP contribution >= 0.6 is 0 Å². The molecule has 0 spiro atoms. The molecule has 5 atom stereocenters. The summed E-state index contributed by atoms with van der Waals surface area (Å²) in [5.74, 6) is 0.858. The minimum absolute atomic E-state index is 0.0821. The molecule has 3 heteroatoms. The van der Waals surface area contributed by atoms with Crippen LogP contribution < -0.4 is 0 Å². The molecule has 0 bridgehead atoms. The molecule has 0 aromatic heterocycles. The first-order valence-electron chi connectivity index (χ1n) is 5.36. The molecule has 1 aliphatic rings. The molecule has 0 N–H and O–H groups in total. The SMILES string of the molecule is CCC1OC(OC)C(C)C(C)C1OC. The number of methoxy groups -OCH3 is 2. The number of ether oxygens (including phenoxy) is 3. The molecular formula is C11H22O3. The van der Waals surface area contributed by atoms with Crippen molar-refractivity contribution < 1.29 is 14.2 Å². The zero-order valence-corrected chi connectivity index (χ0v) is 9.82. The molecule has 1 saturated heterocycles. The van der Waals surface area contributed by atoms with Gasteiger partial charge in [-0.3, -0.25) is 0 Å². The molecule has 14 heavy (non-hydrogen) atoms. The molecule has 1 aliphatic heterocycles. The van der Waals surface area contributed by atoms with Crippen molar-refractivity contribution in [1.82, 2.24) is 0 Å². The lowest BCUT2D eigenvalue weighted by molar-refractivity contribution is -0.258. The maximum absolute atomic E-state index is 5.82. The number of rotatable bonds is 3. The van der Waals surface area contributed by atoms with E-state index in [1.54, 1.807) is 14.2 Å². The van der Waals surface area contributed by atoms with E-state index < -0.39 is 0 Å². The van der Waals surface area contributed by atoms with E-state index in [1.165, 1.54) is 0 Å². The summed E-state index contributed by atoms with van der Waals surface area (Å²) >= 11 is 0. The highest BCUT2D eigenvalue weighted by Crippen LogP contribution is 2.33. The van der Waals surface area contributed by atoms with Crippen LogP contribution in [0.4, 0.5) is 0 Å². The topological polar surface area (TPSA) is 27.7 Å². The van der Waals surface area contributed by atoms with Gasteiger partial charge < -0.3 is 14.2 Å². The Bertz CT molecular complexity index is 170. The lowest BCUT2D eigenvalue weighted by atomic mass is 9.84. The van der Waals surface area contributed by atoms with Crippen molar-refractivity contribution in [2.24, 2.45) is 11.8 Å². The highest BCUT2D eigenvalue weighted by atomic mass is 16.7. The van der Waals surface area contributed by atoms with Crippen molar-refractivity contribution in [2.45, 2.75) is 45.7 Å². The van der Waals surface area contributed by atoms with E-state index in [1.807, 2.05) is 0 Å². The Balaban J connectivity index is 2.71. The van der Waals surface area contributed by atoms with E-state index in [9.17, 15) is 0 Å². The van der Waals surface area contributed by atoms with Crippen LogP contribution in [0.1, 0.15) is 27.2 Å². The fraction of sp³-hybridized carbons (Fsp3) is 1.00. The third-order valence-electron chi connectivity index (χ3n) is 3.36. The second-order valence-electron chi connectivity index (χ2n) is 4.11. The normalized spacial score (nSPS) is 43.9. The molecule has 0 radical (unpaired) electrons. The Kier molecular flexibility index (Phi) is 4.35. The maximum atomic E-state index is 5.82. The highest BCUT2D eigenvalue weighted by molar-refractivity contribution is 4.85. The quantitative estimate of drug-likeness (QED) is 0.701. The average Bonchev–Trinajstić information content (AvgIpc) is 2.21. The fourth-order valence-electron chi connectivity index (χ4n) is 2.22. The average molecular weight is 202 g/mol. The lowest BCUT2D eigenvalue weighted by Crippen LogP contribution is -2.50. The first-order chi connectivity index (χ1) is 6.65. The summed E-state index contributed by atoms with van der Waals surface area (Å²) in [5.41, 5.74) is 0. The van der Waals surface area contributed by atoms with Crippen LogP contribution in [-0.4, -0.2) is 32.7 Å². The third kappa shape index (κ3) is 2.10. The Morgan fingerprint density at radius 3 is 2.14 bits per heavy atom. The van der Waals surface area contributed by atoms with Gasteiger partial charge >= 0.3 is 0 Å². The van der Waals surface area contributed by atoms with Crippen molar-refractivity contribution in [3.63, 3.8) is 0 Å². The lowest BCUT2D eigenvalue weighted by Gasteiger charge is -2.43. The summed E-state index contributed by atoms with van der Waals surface area (Å²) < 4.78 is 16.6. The Morgan fingerprint density at radius 2 is 1.71 bits per heavy atom. The van der Waals surface area contributed by atoms with Crippen LogP contribution in [0.15, 0.2) is 0 Å². The molecule has 0 aromatic carbocycles. The first kappa shape index (κ1) is 12.0. The summed E-state index contributed by atoms with van der Waals surface area (Å²) in [6, 6.07) is 0. The smallest absolute Gasteiger partial charge is 0.160 e. The number of hydrogen-bond acceptors (Lipinski definition) is 3. The molecule has 3 nitrogen and oxygen atoms in total. The predicted molar refractivity (Wildman–Crippen MR) is 55.1 cm³/mol. The Hall–Kier alpha value is -0.120. The molecule has 1 heterocycles. The van der Waals surface area contributed by atoms with Gasteiger partial charge in [-0.15, -0.1) is 0 Å². The van der Waals surface area contributed by atoms with E-state index >= 15 is 0 Å². The maximum Gasteiger partial charge on any atom is 0.160 e. The van der Waals surface area contributed by atoms with Crippen LogP contribution in [-0.2, 0) is 14.2 Å². The minimum atomic E-state index is -0.0821. The molecule has 1 rings (SSSR count). The largest absolute Gasteiger partial charge is 0.378 e. The van der Waals surface area contributed by atoms with Gasteiger partial charge in [0.1, 0.15) is 0 Å². The van der Waals surface area contributed by atoms with E-state index in [-0.39, 0.29) is 18.5 Å². The highest BCUT2D eigenvalue weighted by Gasteiger charge is 2.40. The zero-order chi connectivity index (χ0) is 10.7. The third-order valence-corrected chi connectivity index (χ3v) is 3.36. The number of hydrogen-bond donors (Lipinski definition) is 0. The van der Waals surface area contributed by atoms with Gasteiger partial charge in [-0.1, -0.05) is 20.8 Å². The fourth-order valence-corrected chi connectivity index (χ4v) is 2.22. The van der Waals surface area contributed by atoms with Crippen LogP contribution in [0, 0.1) is 11.8 Å². The molecule has 5 unspecified atom stereocenters. The van der Waals surface area contributed by atoms with Crippen LogP contribution in [0.25, 0.3) is 0 Å². The summed E-state index contributed by atoms with van der Waals surface area (Å²) in [4.78, 5) is 0. The van der Waals surface area contributed by atoms with Gasteiger partial charge in [0.2, 0.25) is 0 Å². The molecule has 0 amide bonds. The monoisotopic (exact) mass is 202 g/mol. The predicted octanol–water partition coefficient (Wildman–Crippen LogP) is 2.05. The van der Waals surface area contributed by atoms with E-state index in [0.29, 0.717) is 11.8 Å². The summed E-state index contributed by atoms with van der Waals surface area (Å²) in [7, 11) is 3.46. The van der Waals surface area contributed by atoms with Crippen molar-refractivity contribution in [3.05, 3.63) is 0 Å². The Labute approximate surface area is 86.7 Å². The summed E-state index contributed by atoms with van der Waals surface area (Å²) in [5, 5.41) is 0. The van der Waals surface area contributed by atoms with Gasteiger partial charge in [0.05, 0.1) is 12.2 Å². The van der Waals surface area contributed by atoms with Gasteiger partial charge in [0.15, 0.2) is 6.29 Å². The van der Waals surface area contributed by atoms with Crippen molar-refractivity contribution in [3.8, 4) is 0 Å². The standard InChI is InChI=1S/C11H22O3/c1-6-9-10(12-4)7(2)8(3)11(13-5)14-9/h7-11H,6H2,1-5H3. The molecule has 1 fully saturated rings. The van der Waals surface area contributed by atoms with Gasteiger partial charge in [0.25, 0.3) is 0 Å². The van der Waals surface area contributed by atoms with Gasteiger partial charge in [-0.25, -0.2) is 0 Å². The van der Waals surface area contributed by atoms with E-state index in [2.05, 4.69) is 20.8 Å². The van der Waals surface area contributed by atoms with Gasteiger partial charge in [-0.2, -0.15) is 0 Å². The molecule has 0 aliphatic carbocycles. The van der Waals surface area contributed by atoms with Gasteiger partial charge in [0, 0.05) is 20.1 Å². The first-order valence-corrected chi connectivity index (χ1v) is 5.36. The zero-order valence-electron chi connectivity index (χ0n) is 9.82. The van der Waals surface area contributed by atoms with Crippen molar-refractivity contribution in [1.29, 1.82) is 0 Å². The van der Waals surface area contributed by atoms with E-state index in [4.69, 9.17) is 14.2 Å². The van der Waals surface area contributed by atoms with Crippen molar-refractivity contribution >= 4 is 0 Å². The molecule has 0 aromatic rings. The van der Waals surface area contributed by atoms with Crippen molar-refractivity contribution in [2.75, 3.05) is 14.2 Å². The second kappa shape index (κ2) is 5.10. The summed E-state index contributed by atoms with van der Waals surface area (Å²) in [6.45, 7) is 6.47. The minimum Gasteiger partial charge on any atom is -0.378 e. The molecule has 0 saturated carbocycles. The van der Waals surface area contributed by atoms with Gasteiger partial charge in [-0.05, 0) is 12.3 Å². The second-order valence-corrected chi connectivity index (χ2v) is 4.11. The molecular weight excluding hydrogens is 180 g/mol.